The van der Waals surface area contributed by atoms with Crippen LogP contribution in [0.2, 0.25) is 0 Å². The van der Waals surface area contributed by atoms with E-state index in [1.165, 1.54) is 12.1 Å². The van der Waals surface area contributed by atoms with Gasteiger partial charge in [-0.05, 0) is 12.5 Å². The summed E-state index contributed by atoms with van der Waals surface area (Å²) < 4.78 is 0. The van der Waals surface area contributed by atoms with Crippen molar-refractivity contribution in [2.75, 3.05) is 0 Å². The number of hydrogen-bond donors (Lipinski definition) is 1. The van der Waals surface area contributed by atoms with Crippen LogP contribution in [0.5, 0.6) is 0 Å². The molecule has 1 aromatic carbocycles. The lowest BCUT2D eigenvalue weighted by atomic mass is 10.1. The van der Waals surface area contributed by atoms with E-state index in [2.05, 4.69) is 12.6 Å². The summed E-state index contributed by atoms with van der Waals surface area (Å²) in [6.45, 7) is 1.69. The lowest BCUT2D eigenvalue weighted by Crippen LogP contribution is -1.93. The van der Waals surface area contributed by atoms with Crippen LogP contribution in [0.4, 0.5) is 5.69 Å². The number of benzene rings is 1. The first-order valence-electron chi connectivity index (χ1n) is 3.49. The highest BCUT2D eigenvalue weighted by atomic mass is 32.1. The minimum Gasteiger partial charge on any atom is -0.298 e. The molecule has 0 heterocycles. The molecular weight excluding hydrogens is 190 g/mol. The SMILES string of the molecule is Cc1c(S)cc([N+](=O)[O-])cc1C=O. The van der Waals surface area contributed by atoms with Gasteiger partial charge in [0.1, 0.15) is 0 Å². The van der Waals surface area contributed by atoms with Gasteiger partial charge in [-0.15, -0.1) is 12.6 Å². The van der Waals surface area contributed by atoms with Crippen molar-refractivity contribution in [1.29, 1.82) is 0 Å². The van der Waals surface area contributed by atoms with E-state index in [0.29, 0.717) is 22.3 Å². The number of non-ortho nitro benzene ring substituents is 1. The van der Waals surface area contributed by atoms with Crippen molar-refractivity contribution < 1.29 is 9.72 Å². The van der Waals surface area contributed by atoms with E-state index in [4.69, 9.17) is 0 Å². The number of rotatable bonds is 2. The summed E-state index contributed by atoms with van der Waals surface area (Å²) in [7, 11) is 0. The molecule has 68 valence electrons. The van der Waals surface area contributed by atoms with E-state index in [1.54, 1.807) is 6.92 Å². The predicted molar refractivity (Wildman–Crippen MR) is 50.5 cm³/mol. The smallest absolute Gasteiger partial charge is 0.271 e. The van der Waals surface area contributed by atoms with Gasteiger partial charge in [-0.25, -0.2) is 0 Å². The number of carbonyl (C=O) groups excluding carboxylic acids is 1. The Balaban J connectivity index is 3.38. The fraction of sp³-hybridized carbons (Fsp3) is 0.125. The number of hydrogen-bond acceptors (Lipinski definition) is 4. The molecule has 13 heavy (non-hydrogen) atoms. The normalized spacial score (nSPS) is 9.69. The average molecular weight is 197 g/mol. The van der Waals surface area contributed by atoms with E-state index < -0.39 is 4.92 Å². The number of aldehydes is 1. The molecule has 0 saturated heterocycles. The number of nitro groups is 1. The quantitative estimate of drug-likeness (QED) is 0.341. The molecule has 0 amide bonds. The van der Waals surface area contributed by atoms with Gasteiger partial charge >= 0.3 is 0 Å². The summed E-state index contributed by atoms with van der Waals surface area (Å²) in [4.78, 5) is 20.8. The highest BCUT2D eigenvalue weighted by molar-refractivity contribution is 7.80. The van der Waals surface area contributed by atoms with Crippen molar-refractivity contribution >= 4 is 24.6 Å². The summed E-state index contributed by atoms with van der Waals surface area (Å²) in [5.41, 5.74) is 0.848. The zero-order chi connectivity index (χ0) is 10.0. The van der Waals surface area contributed by atoms with E-state index in [0.717, 1.165) is 0 Å². The molecule has 4 nitrogen and oxygen atoms in total. The lowest BCUT2D eigenvalue weighted by molar-refractivity contribution is -0.385. The van der Waals surface area contributed by atoms with Gasteiger partial charge in [0.05, 0.1) is 4.92 Å². The second-order valence-electron chi connectivity index (χ2n) is 2.55. The molecule has 0 unspecified atom stereocenters. The summed E-state index contributed by atoms with van der Waals surface area (Å²) >= 11 is 4.02. The molecular formula is C8H7NO3S. The highest BCUT2D eigenvalue weighted by Gasteiger charge is 2.11. The van der Waals surface area contributed by atoms with Crippen LogP contribution in [-0.2, 0) is 0 Å². The predicted octanol–water partition coefficient (Wildman–Crippen LogP) is 2.00. The molecule has 1 aromatic rings. The molecule has 0 aliphatic rings. The van der Waals surface area contributed by atoms with Crippen LogP contribution in [0, 0.1) is 17.0 Å². The van der Waals surface area contributed by atoms with Gasteiger partial charge in [0.15, 0.2) is 6.29 Å². The van der Waals surface area contributed by atoms with Crippen molar-refractivity contribution in [2.24, 2.45) is 0 Å². The van der Waals surface area contributed by atoms with Crippen LogP contribution < -0.4 is 0 Å². The molecule has 0 aromatic heterocycles. The fourth-order valence-corrected chi connectivity index (χ4v) is 1.19. The second-order valence-corrected chi connectivity index (χ2v) is 3.04. The average Bonchev–Trinajstić information content (AvgIpc) is 2.09. The highest BCUT2D eigenvalue weighted by Crippen LogP contribution is 2.23. The Morgan fingerprint density at radius 2 is 2.15 bits per heavy atom. The van der Waals surface area contributed by atoms with Gasteiger partial charge in [-0.1, -0.05) is 0 Å². The third kappa shape index (κ3) is 1.86. The van der Waals surface area contributed by atoms with E-state index in [-0.39, 0.29) is 5.69 Å². The molecule has 5 heteroatoms. The number of nitrogens with zero attached hydrogens (tertiary/aromatic N) is 1. The van der Waals surface area contributed by atoms with Gasteiger partial charge in [-0.3, -0.25) is 14.9 Å². The topological polar surface area (TPSA) is 60.2 Å². The Bertz CT molecular complexity index is 376. The fourth-order valence-electron chi connectivity index (χ4n) is 0.933. The molecule has 0 radical (unpaired) electrons. The van der Waals surface area contributed by atoms with Gasteiger partial charge < -0.3 is 0 Å². The maximum atomic E-state index is 10.5. The lowest BCUT2D eigenvalue weighted by Gasteiger charge is -2.01. The summed E-state index contributed by atoms with van der Waals surface area (Å²) in [6, 6.07) is 2.56. The summed E-state index contributed by atoms with van der Waals surface area (Å²) in [5.74, 6) is 0. The first-order valence-corrected chi connectivity index (χ1v) is 3.94. The molecule has 0 spiro atoms. The standard InChI is InChI=1S/C8H7NO3S/c1-5-6(4-10)2-7(9(11)12)3-8(5)13/h2-4,13H,1H3. The van der Waals surface area contributed by atoms with E-state index in [9.17, 15) is 14.9 Å². The van der Waals surface area contributed by atoms with Crippen molar-refractivity contribution in [1.82, 2.24) is 0 Å². The third-order valence-electron chi connectivity index (χ3n) is 1.74. The first-order chi connectivity index (χ1) is 6.06. The van der Waals surface area contributed by atoms with Crippen LogP contribution >= 0.6 is 12.6 Å². The van der Waals surface area contributed by atoms with Crippen molar-refractivity contribution in [3.63, 3.8) is 0 Å². The molecule has 0 aliphatic carbocycles. The Morgan fingerprint density at radius 3 is 2.62 bits per heavy atom. The number of carbonyl (C=O) groups is 1. The molecule has 0 atom stereocenters. The Morgan fingerprint density at radius 1 is 1.54 bits per heavy atom. The molecule has 0 aliphatic heterocycles. The largest absolute Gasteiger partial charge is 0.298 e. The third-order valence-corrected chi connectivity index (χ3v) is 2.21. The van der Waals surface area contributed by atoms with Crippen molar-refractivity contribution in [3.05, 3.63) is 33.4 Å². The van der Waals surface area contributed by atoms with Gasteiger partial charge in [0, 0.05) is 22.6 Å². The van der Waals surface area contributed by atoms with Crippen LogP contribution in [0.1, 0.15) is 15.9 Å². The van der Waals surface area contributed by atoms with Gasteiger partial charge in [-0.2, -0.15) is 0 Å². The van der Waals surface area contributed by atoms with Crippen LogP contribution in [0.15, 0.2) is 17.0 Å². The molecule has 1 rings (SSSR count). The molecule has 0 bridgehead atoms. The monoisotopic (exact) mass is 197 g/mol. The first kappa shape index (κ1) is 9.73. The molecule has 0 fully saturated rings. The Labute approximate surface area is 80.1 Å². The number of nitro benzene ring substituents is 1. The van der Waals surface area contributed by atoms with E-state index in [1.807, 2.05) is 0 Å². The van der Waals surface area contributed by atoms with Gasteiger partial charge in [0.25, 0.3) is 5.69 Å². The Hall–Kier alpha value is -1.36. The van der Waals surface area contributed by atoms with Crippen LogP contribution in [-0.4, -0.2) is 11.2 Å². The van der Waals surface area contributed by atoms with Crippen LogP contribution in [0.25, 0.3) is 0 Å². The maximum Gasteiger partial charge on any atom is 0.271 e. The summed E-state index contributed by atoms with van der Waals surface area (Å²) in [5, 5.41) is 10.4. The Kier molecular flexibility index (Phi) is 2.67. The van der Waals surface area contributed by atoms with E-state index >= 15 is 0 Å². The summed E-state index contributed by atoms with van der Waals surface area (Å²) in [6.07, 6.45) is 0.585. The number of thiol groups is 1. The van der Waals surface area contributed by atoms with Crippen molar-refractivity contribution in [2.45, 2.75) is 11.8 Å². The minimum atomic E-state index is -0.549. The molecule has 0 saturated carbocycles. The second kappa shape index (κ2) is 3.57. The minimum absolute atomic E-state index is 0.113. The zero-order valence-electron chi connectivity index (χ0n) is 6.85. The maximum absolute atomic E-state index is 10.5. The molecule has 0 N–H and O–H groups in total. The van der Waals surface area contributed by atoms with Crippen molar-refractivity contribution in [3.8, 4) is 0 Å². The van der Waals surface area contributed by atoms with Gasteiger partial charge in [0.2, 0.25) is 0 Å². The zero-order valence-corrected chi connectivity index (χ0v) is 7.75. The van der Waals surface area contributed by atoms with Crippen LogP contribution in [0.3, 0.4) is 0 Å².